The Kier molecular flexibility index (Phi) is 2.53. The number of aromatic nitrogens is 2. The van der Waals surface area contributed by atoms with Crippen molar-refractivity contribution >= 4 is 21.8 Å². The van der Waals surface area contributed by atoms with Crippen LogP contribution in [0.1, 0.15) is 5.69 Å². The summed E-state index contributed by atoms with van der Waals surface area (Å²) in [4.78, 5) is 10.4. The third kappa shape index (κ3) is 2.63. The molecule has 1 aromatic rings. The number of carbonyl (C=O) groups is 1. The molecule has 1 amide bonds. The molecule has 1 rings (SSSR count). The van der Waals surface area contributed by atoms with Crippen molar-refractivity contribution in [3.8, 4) is 0 Å². The summed E-state index contributed by atoms with van der Waals surface area (Å²) >= 11 is 3.12. The molecule has 0 fully saturated rings. The molecule has 2 N–H and O–H groups in total. The second-order valence-electron chi connectivity index (χ2n) is 1.99. The molecule has 0 spiro atoms. The van der Waals surface area contributed by atoms with E-state index in [-0.39, 0.29) is 6.42 Å². The van der Waals surface area contributed by atoms with Crippen LogP contribution in [0.25, 0.3) is 0 Å². The van der Waals surface area contributed by atoms with Gasteiger partial charge in [-0.25, -0.2) is 0 Å². The SMILES string of the molecule is NC(=O)Cc1ccc(Br)nn1. The molecule has 0 aliphatic rings. The molecule has 0 saturated heterocycles. The van der Waals surface area contributed by atoms with Crippen LogP contribution in [0.15, 0.2) is 16.7 Å². The number of halogens is 1. The Bertz CT molecular complexity index is 259. The van der Waals surface area contributed by atoms with Crippen molar-refractivity contribution in [1.82, 2.24) is 10.2 Å². The first-order chi connectivity index (χ1) is 5.18. The van der Waals surface area contributed by atoms with Crippen molar-refractivity contribution in [3.05, 3.63) is 22.4 Å². The topological polar surface area (TPSA) is 68.9 Å². The van der Waals surface area contributed by atoms with E-state index in [1.54, 1.807) is 12.1 Å². The van der Waals surface area contributed by atoms with Gasteiger partial charge in [0.25, 0.3) is 0 Å². The van der Waals surface area contributed by atoms with Crippen LogP contribution in [-0.4, -0.2) is 16.1 Å². The Hall–Kier alpha value is -0.970. The van der Waals surface area contributed by atoms with Crippen LogP contribution in [0, 0.1) is 0 Å². The van der Waals surface area contributed by atoms with Gasteiger partial charge in [0, 0.05) is 0 Å². The predicted molar refractivity (Wildman–Crippen MR) is 42.6 cm³/mol. The second-order valence-corrected chi connectivity index (χ2v) is 2.80. The van der Waals surface area contributed by atoms with E-state index < -0.39 is 5.91 Å². The number of amides is 1. The van der Waals surface area contributed by atoms with Gasteiger partial charge >= 0.3 is 0 Å². The first-order valence-electron chi connectivity index (χ1n) is 2.95. The minimum atomic E-state index is -0.401. The Morgan fingerprint density at radius 1 is 1.55 bits per heavy atom. The van der Waals surface area contributed by atoms with Crippen molar-refractivity contribution in [1.29, 1.82) is 0 Å². The van der Waals surface area contributed by atoms with E-state index in [0.717, 1.165) is 0 Å². The van der Waals surface area contributed by atoms with Gasteiger partial charge in [0.05, 0.1) is 12.1 Å². The molecular formula is C6H6BrN3O. The summed E-state index contributed by atoms with van der Waals surface area (Å²) in [6.45, 7) is 0. The minimum absolute atomic E-state index is 0.139. The van der Waals surface area contributed by atoms with Gasteiger partial charge in [-0.3, -0.25) is 4.79 Å². The molecular weight excluding hydrogens is 210 g/mol. The maximum Gasteiger partial charge on any atom is 0.223 e. The summed E-state index contributed by atoms with van der Waals surface area (Å²) in [5.41, 5.74) is 5.53. The zero-order valence-electron chi connectivity index (χ0n) is 5.62. The number of primary amides is 1. The molecule has 0 atom stereocenters. The highest BCUT2D eigenvalue weighted by Gasteiger charge is 1.99. The Labute approximate surface area is 71.9 Å². The zero-order chi connectivity index (χ0) is 8.27. The van der Waals surface area contributed by atoms with Gasteiger partial charge < -0.3 is 5.73 Å². The van der Waals surface area contributed by atoms with Gasteiger partial charge in [-0.1, -0.05) is 0 Å². The van der Waals surface area contributed by atoms with Gasteiger partial charge in [0.15, 0.2) is 0 Å². The van der Waals surface area contributed by atoms with Crippen LogP contribution < -0.4 is 5.73 Å². The maximum absolute atomic E-state index is 10.4. The van der Waals surface area contributed by atoms with Crippen LogP contribution in [-0.2, 0) is 11.2 Å². The van der Waals surface area contributed by atoms with Gasteiger partial charge in [0.2, 0.25) is 5.91 Å². The Morgan fingerprint density at radius 3 is 2.73 bits per heavy atom. The molecule has 0 radical (unpaired) electrons. The average Bonchev–Trinajstić information content (AvgIpc) is 1.93. The molecule has 11 heavy (non-hydrogen) atoms. The van der Waals surface area contributed by atoms with Crippen LogP contribution in [0.2, 0.25) is 0 Å². The fourth-order valence-corrected chi connectivity index (χ4v) is 0.828. The fourth-order valence-electron chi connectivity index (χ4n) is 0.616. The molecule has 0 aliphatic heterocycles. The van der Waals surface area contributed by atoms with Gasteiger partial charge in [-0.2, -0.15) is 5.10 Å². The zero-order valence-corrected chi connectivity index (χ0v) is 7.21. The molecule has 4 nitrogen and oxygen atoms in total. The van der Waals surface area contributed by atoms with Gasteiger partial charge in [0.1, 0.15) is 4.60 Å². The largest absolute Gasteiger partial charge is 0.369 e. The van der Waals surface area contributed by atoms with Crippen molar-refractivity contribution < 1.29 is 4.79 Å². The fraction of sp³-hybridized carbons (Fsp3) is 0.167. The monoisotopic (exact) mass is 215 g/mol. The van der Waals surface area contributed by atoms with E-state index in [2.05, 4.69) is 26.1 Å². The minimum Gasteiger partial charge on any atom is -0.369 e. The molecule has 1 aromatic heterocycles. The molecule has 0 saturated carbocycles. The Balaban J connectivity index is 2.74. The van der Waals surface area contributed by atoms with Crippen molar-refractivity contribution in [2.45, 2.75) is 6.42 Å². The molecule has 58 valence electrons. The number of nitrogens with zero attached hydrogens (tertiary/aromatic N) is 2. The molecule has 0 bridgehead atoms. The van der Waals surface area contributed by atoms with Crippen LogP contribution in [0.4, 0.5) is 0 Å². The van der Waals surface area contributed by atoms with Crippen molar-refractivity contribution in [2.75, 3.05) is 0 Å². The van der Waals surface area contributed by atoms with Crippen LogP contribution in [0.3, 0.4) is 0 Å². The first-order valence-corrected chi connectivity index (χ1v) is 3.74. The van der Waals surface area contributed by atoms with E-state index >= 15 is 0 Å². The number of hydrogen-bond donors (Lipinski definition) is 1. The van der Waals surface area contributed by atoms with E-state index in [1.165, 1.54) is 0 Å². The van der Waals surface area contributed by atoms with E-state index in [4.69, 9.17) is 5.73 Å². The third-order valence-electron chi connectivity index (χ3n) is 1.04. The molecule has 1 heterocycles. The lowest BCUT2D eigenvalue weighted by Gasteiger charge is -1.93. The lowest BCUT2D eigenvalue weighted by Crippen LogP contribution is -2.14. The molecule has 0 unspecified atom stereocenters. The third-order valence-corrected chi connectivity index (χ3v) is 1.47. The number of rotatable bonds is 2. The highest BCUT2D eigenvalue weighted by Crippen LogP contribution is 2.03. The normalized spacial score (nSPS) is 9.55. The molecule has 0 aromatic carbocycles. The van der Waals surface area contributed by atoms with Crippen LogP contribution in [0.5, 0.6) is 0 Å². The van der Waals surface area contributed by atoms with Gasteiger partial charge in [-0.15, -0.1) is 5.10 Å². The first kappa shape index (κ1) is 8.13. The summed E-state index contributed by atoms with van der Waals surface area (Å²) in [5.74, 6) is -0.401. The summed E-state index contributed by atoms with van der Waals surface area (Å²) in [5, 5.41) is 7.41. The number of nitrogens with two attached hydrogens (primary N) is 1. The molecule has 0 aliphatic carbocycles. The number of hydrogen-bond acceptors (Lipinski definition) is 3. The highest BCUT2D eigenvalue weighted by atomic mass is 79.9. The van der Waals surface area contributed by atoms with E-state index in [9.17, 15) is 4.79 Å². The summed E-state index contributed by atoms with van der Waals surface area (Å²) in [6, 6.07) is 3.41. The lowest BCUT2D eigenvalue weighted by atomic mass is 10.3. The van der Waals surface area contributed by atoms with Crippen molar-refractivity contribution in [2.24, 2.45) is 5.73 Å². The quantitative estimate of drug-likeness (QED) is 0.771. The second kappa shape index (κ2) is 3.43. The van der Waals surface area contributed by atoms with E-state index in [0.29, 0.717) is 10.3 Å². The average molecular weight is 216 g/mol. The van der Waals surface area contributed by atoms with Gasteiger partial charge in [-0.05, 0) is 28.1 Å². The van der Waals surface area contributed by atoms with Crippen molar-refractivity contribution in [3.63, 3.8) is 0 Å². The predicted octanol–water partition coefficient (Wildman–Crippen LogP) is 0.267. The van der Waals surface area contributed by atoms with E-state index in [1.807, 2.05) is 0 Å². The number of carbonyl (C=O) groups excluding carboxylic acids is 1. The highest BCUT2D eigenvalue weighted by molar-refractivity contribution is 9.10. The van der Waals surface area contributed by atoms with Crippen LogP contribution >= 0.6 is 15.9 Å². The smallest absolute Gasteiger partial charge is 0.223 e. The lowest BCUT2D eigenvalue weighted by molar-refractivity contribution is -0.117. The standard InChI is InChI=1S/C6H6BrN3O/c7-5-2-1-4(9-10-5)3-6(8)11/h1-2H,3H2,(H2,8,11). The Morgan fingerprint density at radius 2 is 2.27 bits per heavy atom. The molecule has 5 heteroatoms. The summed E-state index contributed by atoms with van der Waals surface area (Å²) in [6.07, 6.45) is 0.139. The summed E-state index contributed by atoms with van der Waals surface area (Å²) in [7, 11) is 0. The maximum atomic E-state index is 10.4. The summed E-state index contributed by atoms with van der Waals surface area (Å²) < 4.78 is 0.644.